The van der Waals surface area contributed by atoms with Gasteiger partial charge in [-0.2, -0.15) is 0 Å². The van der Waals surface area contributed by atoms with Crippen LogP contribution in [0.4, 0.5) is 5.69 Å². The quantitative estimate of drug-likeness (QED) is 0.717. The van der Waals surface area contributed by atoms with Crippen molar-refractivity contribution in [2.75, 3.05) is 11.9 Å². The van der Waals surface area contributed by atoms with Gasteiger partial charge in [0.2, 0.25) is 0 Å². The Bertz CT molecular complexity index is 336. The summed E-state index contributed by atoms with van der Waals surface area (Å²) in [5.41, 5.74) is 1.44. The van der Waals surface area contributed by atoms with Crippen molar-refractivity contribution in [2.24, 2.45) is 0 Å². The fourth-order valence-electron chi connectivity index (χ4n) is 1.23. The van der Waals surface area contributed by atoms with Gasteiger partial charge in [0.25, 0.3) is 0 Å². The number of carbonyl (C=O) groups is 1. The lowest BCUT2D eigenvalue weighted by atomic mass is 10.1. The standard InChI is InChI=1S/C11H14ClNO/c1-8(2)13(3)11-6-4-5-10(12)9(11)7-14/h4-8H,1-3H3. The third-order valence-corrected chi connectivity index (χ3v) is 2.63. The molecule has 1 rings (SSSR count). The molecule has 0 spiro atoms. The zero-order chi connectivity index (χ0) is 10.7. The van der Waals surface area contributed by atoms with E-state index in [1.165, 1.54) is 0 Å². The highest BCUT2D eigenvalue weighted by Gasteiger charge is 2.11. The van der Waals surface area contributed by atoms with Crippen LogP contribution in [-0.4, -0.2) is 19.4 Å². The molecule has 0 aliphatic carbocycles. The second-order valence-corrected chi connectivity index (χ2v) is 3.90. The van der Waals surface area contributed by atoms with E-state index in [1.807, 2.05) is 24.1 Å². The molecule has 76 valence electrons. The molecule has 0 aliphatic rings. The van der Waals surface area contributed by atoms with E-state index in [0.29, 0.717) is 16.6 Å². The number of hydrogen-bond donors (Lipinski definition) is 0. The van der Waals surface area contributed by atoms with Crippen LogP contribution in [0.5, 0.6) is 0 Å². The van der Waals surface area contributed by atoms with E-state index >= 15 is 0 Å². The van der Waals surface area contributed by atoms with Crippen LogP contribution in [-0.2, 0) is 0 Å². The summed E-state index contributed by atoms with van der Waals surface area (Å²) in [6.45, 7) is 4.13. The van der Waals surface area contributed by atoms with Crippen molar-refractivity contribution in [2.45, 2.75) is 19.9 Å². The summed E-state index contributed by atoms with van der Waals surface area (Å²) < 4.78 is 0. The van der Waals surface area contributed by atoms with E-state index in [2.05, 4.69) is 13.8 Å². The molecule has 0 saturated carbocycles. The molecule has 0 aromatic heterocycles. The van der Waals surface area contributed by atoms with Crippen molar-refractivity contribution < 1.29 is 4.79 Å². The average Bonchev–Trinajstić information content (AvgIpc) is 2.16. The Labute approximate surface area is 89.5 Å². The van der Waals surface area contributed by atoms with Crippen LogP contribution in [0.3, 0.4) is 0 Å². The summed E-state index contributed by atoms with van der Waals surface area (Å²) in [5.74, 6) is 0. The first-order valence-corrected chi connectivity index (χ1v) is 4.92. The zero-order valence-electron chi connectivity index (χ0n) is 8.62. The normalized spacial score (nSPS) is 10.4. The number of aldehydes is 1. The number of halogens is 1. The highest BCUT2D eigenvalue weighted by Crippen LogP contribution is 2.26. The maximum absolute atomic E-state index is 10.9. The summed E-state index contributed by atoms with van der Waals surface area (Å²) >= 11 is 5.92. The van der Waals surface area contributed by atoms with Gasteiger partial charge in [-0.25, -0.2) is 0 Å². The fraction of sp³-hybridized carbons (Fsp3) is 0.364. The molecule has 0 amide bonds. The van der Waals surface area contributed by atoms with Gasteiger partial charge in [-0.3, -0.25) is 4.79 Å². The second kappa shape index (κ2) is 4.47. The lowest BCUT2D eigenvalue weighted by molar-refractivity contribution is 0.112. The van der Waals surface area contributed by atoms with E-state index in [9.17, 15) is 4.79 Å². The van der Waals surface area contributed by atoms with Crippen LogP contribution in [0.25, 0.3) is 0 Å². The molecular formula is C11H14ClNO. The van der Waals surface area contributed by atoms with E-state index in [4.69, 9.17) is 11.6 Å². The summed E-state index contributed by atoms with van der Waals surface area (Å²) in [4.78, 5) is 12.9. The molecule has 14 heavy (non-hydrogen) atoms. The molecule has 0 unspecified atom stereocenters. The van der Waals surface area contributed by atoms with Gasteiger partial charge in [-0.1, -0.05) is 17.7 Å². The highest BCUT2D eigenvalue weighted by molar-refractivity contribution is 6.33. The van der Waals surface area contributed by atoms with Crippen LogP contribution in [0, 0.1) is 0 Å². The van der Waals surface area contributed by atoms with Crippen molar-refractivity contribution in [3.8, 4) is 0 Å². The van der Waals surface area contributed by atoms with Crippen LogP contribution in [0.2, 0.25) is 5.02 Å². The Kier molecular flexibility index (Phi) is 3.53. The van der Waals surface area contributed by atoms with Crippen LogP contribution < -0.4 is 4.90 Å². The van der Waals surface area contributed by atoms with Crippen molar-refractivity contribution in [3.63, 3.8) is 0 Å². The topological polar surface area (TPSA) is 20.3 Å². The lowest BCUT2D eigenvalue weighted by Crippen LogP contribution is -2.26. The minimum atomic E-state index is 0.340. The molecule has 0 atom stereocenters. The third kappa shape index (κ3) is 2.07. The first-order chi connectivity index (χ1) is 6.57. The van der Waals surface area contributed by atoms with Gasteiger partial charge >= 0.3 is 0 Å². The average molecular weight is 212 g/mol. The first-order valence-electron chi connectivity index (χ1n) is 4.54. The van der Waals surface area contributed by atoms with Crippen molar-refractivity contribution in [1.29, 1.82) is 0 Å². The second-order valence-electron chi connectivity index (χ2n) is 3.50. The molecular weight excluding hydrogens is 198 g/mol. The van der Waals surface area contributed by atoms with Crippen molar-refractivity contribution in [3.05, 3.63) is 28.8 Å². The minimum absolute atomic E-state index is 0.340. The lowest BCUT2D eigenvalue weighted by Gasteiger charge is -2.25. The van der Waals surface area contributed by atoms with Gasteiger partial charge in [0.15, 0.2) is 6.29 Å². The Hall–Kier alpha value is -1.02. The third-order valence-electron chi connectivity index (χ3n) is 2.30. The summed E-state index contributed by atoms with van der Waals surface area (Å²) in [6.07, 6.45) is 0.802. The molecule has 3 heteroatoms. The molecule has 1 aromatic rings. The molecule has 2 nitrogen and oxygen atoms in total. The number of rotatable bonds is 3. The number of anilines is 1. The SMILES string of the molecule is CC(C)N(C)c1cccc(Cl)c1C=O. The maximum atomic E-state index is 10.9. The van der Waals surface area contributed by atoms with Gasteiger partial charge in [0, 0.05) is 18.8 Å². The van der Waals surface area contributed by atoms with Gasteiger partial charge in [-0.15, -0.1) is 0 Å². The monoisotopic (exact) mass is 211 g/mol. The van der Waals surface area contributed by atoms with Gasteiger partial charge in [0.05, 0.1) is 10.6 Å². The minimum Gasteiger partial charge on any atom is -0.372 e. The number of benzene rings is 1. The van der Waals surface area contributed by atoms with Crippen molar-refractivity contribution >= 4 is 23.6 Å². The van der Waals surface area contributed by atoms with Gasteiger partial charge < -0.3 is 4.90 Å². The molecule has 0 bridgehead atoms. The Morgan fingerprint density at radius 2 is 2.07 bits per heavy atom. The first kappa shape index (κ1) is 11.1. The largest absolute Gasteiger partial charge is 0.372 e. The van der Waals surface area contributed by atoms with Crippen LogP contribution in [0.15, 0.2) is 18.2 Å². The highest BCUT2D eigenvalue weighted by atomic mass is 35.5. The predicted octanol–water partition coefficient (Wildman–Crippen LogP) is 3.00. The molecule has 0 aliphatic heterocycles. The molecule has 0 N–H and O–H groups in total. The van der Waals surface area contributed by atoms with Crippen LogP contribution >= 0.6 is 11.6 Å². The van der Waals surface area contributed by atoms with Gasteiger partial charge in [0.1, 0.15) is 0 Å². The van der Waals surface area contributed by atoms with Gasteiger partial charge in [-0.05, 0) is 26.0 Å². The van der Waals surface area contributed by atoms with Crippen LogP contribution in [0.1, 0.15) is 24.2 Å². The number of hydrogen-bond acceptors (Lipinski definition) is 2. The van der Waals surface area contributed by atoms with Crippen molar-refractivity contribution in [1.82, 2.24) is 0 Å². The van der Waals surface area contributed by atoms with E-state index < -0.39 is 0 Å². The molecule has 1 aromatic carbocycles. The summed E-state index contributed by atoms with van der Waals surface area (Å²) in [6, 6.07) is 5.81. The number of nitrogens with zero attached hydrogens (tertiary/aromatic N) is 1. The summed E-state index contributed by atoms with van der Waals surface area (Å²) in [7, 11) is 1.95. The van der Waals surface area contributed by atoms with E-state index in [-0.39, 0.29) is 0 Å². The Morgan fingerprint density at radius 1 is 1.43 bits per heavy atom. The Balaban J connectivity index is 3.20. The molecule has 0 fully saturated rings. The smallest absolute Gasteiger partial charge is 0.153 e. The molecule has 0 radical (unpaired) electrons. The Morgan fingerprint density at radius 3 is 2.57 bits per heavy atom. The van der Waals surface area contributed by atoms with E-state index in [0.717, 1.165) is 12.0 Å². The zero-order valence-corrected chi connectivity index (χ0v) is 9.38. The maximum Gasteiger partial charge on any atom is 0.153 e. The predicted molar refractivity (Wildman–Crippen MR) is 60.4 cm³/mol. The fourth-order valence-corrected chi connectivity index (χ4v) is 1.44. The molecule has 0 saturated heterocycles. The summed E-state index contributed by atoms with van der Waals surface area (Å²) in [5, 5.41) is 0.505. The number of carbonyl (C=O) groups excluding carboxylic acids is 1. The van der Waals surface area contributed by atoms with E-state index in [1.54, 1.807) is 6.07 Å². The molecule has 0 heterocycles.